The van der Waals surface area contributed by atoms with Crippen LogP contribution in [0.3, 0.4) is 0 Å². The fourth-order valence-electron chi connectivity index (χ4n) is 1.72. The molecule has 0 bridgehead atoms. The monoisotopic (exact) mass is 249 g/mol. The third-order valence-electron chi connectivity index (χ3n) is 2.71. The maximum atomic E-state index is 11.9. The maximum absolute atomic E-state index is 11.9. The van der Waals surface area contributed by atoms with E-state index in [1.54, 1.807) is 12.1 Å². The first-order valence-electron chi connectivity index (χ1n) is 6.19. The van der Waals surface area contributed by atoms with E-state index in [0.29, 0.717) is 18.5 Å². The molecule has 0 spiro atoms. The van der Waals surface area contributed by atoms with Gasteiger partial charge in [0.2, 0.25) is 5.91 Å². The number of nitrogens with zero attached hydrogens (tertiary/aromatic N) is 1. The first kappa shape index (κ1) is 14.2. The van der Waals surface area contributed by atoms with Crippen LogP contribution in [-0.4, -0.2) is 23.5 Å². The molecule has 4 nitrogen and oxygen atoms in total. The van der Waals surface area contributed by atoms with Crippen molar-refractivity contribution in [3.8, 4) is 0 Å². The summed E-state index contributed by atoms with van der Waals surface area (Å²) in [5, 5.41) is 8.87. The van der Waals surface area contributed by atoms with Crippen LogP contribution < -0.4 is 4.90 Å². The Kier molecular flexibility index (Phi) is 5.36. The molecule has 4 heteroatoms. The molecule has 0 saturated heterocycles. The number of hydrogen-bond acceptors (Lipinski definition) is 2. The van der Waals surface area contributed by atoms with Gasteiger partial charge in [0.1, 0.15) is 6.54 Å². The van der Waals surface area contributed by atoms with Gasteiger partial charge in [0.15, 0.2) is 0 Å². The van der Waals surface area contributed by atoms with Gasteiger partial charge < -0.3 is 10.0 Å². The molecular weight excluding hydrogens is 230 g/mol. The van der Waals surface area contributed by atoms with Crippen molar-refractivity contribution >= 4 is 17.6 Å². The smallest absolute Gasteiger partial charge is 0.323 e. The maximum Gasteiger partial charge on any atom is 0.323 e. The third-order valence-corrected chi connectivity index (χ3v) is 2.71. The molecule has 18 heavy (non-hydrogen) atoms. The summed E-state index contributed by atoms with van der Waals surface area (Å²) in [5.41, 5.74) is 1.81. The molecule has 1 N–H and O–H groups in total. The minimum absolute atomic E-state index is 0.149. The lowest BCUT2D eigenvalue weighted by Crippen LogP contribution is -2.35. The molecule has 0 atom stereocenters. The normalized spacial score (nSPS) is 10.1. The van der Waals surface area contributed by atoms with Crippen LogP contribution in [0.5, 0.6) is 0 Å². The number of amides is 1. The summed E-state index contributed by atoms with van der Waals surface area (Å²) >= 11 is 0. The van der Waals surface area contributed by atoms with Crippen molar-refractivity contribution in [3.63, 3.8) is 0 Å². The van der Waals surface area contributed by atoms with Crippen molar-refractivity contribution in [1.82, 2.24) is 0 Å². The minimum atomic E-state index is -1.00. The molecule has 0 fully saturated rings. The molecule has 0 unspecified atom stereocenters. The number of carbonyl (C=O) groups is 2. The molecule has 0 saturated carbocycles. The Bertz CT molecular complexity index is 412. The Morgan fingerprint density at radius 2 is 1.78 bits per heavy atom. The third kappa shape index (κ3) is 3.87. The van der Waals surface area contributed by atoms with Crippen LogP contribution in [0.15, 0.2) is 24.3 Å². The number of rotatable bonds is 6. The summed E-state index contributed by atoms with van der Waals surface area (Å²) in [6, 6.07) is 7.44. The number of aliphatic carboxylic acids is 1. The van der Waals surface area contributed by atoms with Crippen LogP contribution in [0, 0.1) is 0 Å². The Morgan fingerprint density at radius 1 is 1.17 bits per heavy atom. The number of carboxylic acid groups (broad SMARTS) is 1. The van der Waals surface area contributed by atoms with Crippen molar-refractivity contribution in [1.29, 1.82) is 0 Å². The van der Waals surface area contributed by atoms with Crippen LogP contribution in [0.2, 0.25) is 0 Å². The highest BCUT2D eigenvalue weighted by atomic mass is 16.4. The summed E-state index contributed by atoms with van der Waals surface area (Å²) in [6.45, 7) is 3.66. The Hall–Kier alpha value is -1.84. The fraction of sp³-hybridized carbons (Fsp3) is 0.429. The Labute approximate surface area is 107 Å². The van der Waals surface area contributed by atoms with Gasteiger partial charge in [-0.1, -0.05) is 26.0 Å². The van der Waals surface area contributed by atoms with Crippen LogP contribution in [0.4, 0.5) is 5.69 Å². The molecule has 1 rings (SSSR count). The van der Waals surface area contributed by atoms with E-state index >= 15 is 0 Å². The van der Waals surface area contributed by atoms with Crippen LogP contribution in [0.25, 0.3) is 0 Å². The predicted octanol–water partition coefficient (Wildman–Crippen LogP) is 2.47. The molecule has 0 aliphatic rings. The number of aryl methyl sites for hydroxylation is 1. The minimum Gasteiger partial charge on any atom is -0.480 e. The van der Waals surface area contributed by atoms with Gasteiger partial charge in [-0.3, -0.25) is 9.59 Å². The van der Waals surface area contributed by atoms with Gasteiger partial charge in [-0.2, -0.15) is 0 Å². The average Bonchev–Trinajstić information content (AvgIpc) is 2.36. The van der Waals surface area contributed by atoms with E-state index < -0.39 is 5.97 Å². The van der Waals surface area contributed by atoms with Crippen molar-refractivity contribution < 1.29 is 14.7 Å². The molecule has 0 aromatic heterocycles. The summed E-state index contributed by atoms with van der Waals surface area (Å²) in [6.07, 6.45) is 1.99. The molecule has 0 aliphatic carbocycles. The first-order valence-corrected chi connectivity index (χ1v) is 6.19. The highest BCUT2D eigenvalue weighted by molar-refractivity contribution is 5.97. The van der Waals surface area contributed by atoms with Gasteiger partial charge in [-0.05, 0) is 30.5 Å². The molecular formula is C14H19NO3. The molecule has 0 radical (unpaired) electrons. The second kappa shape index (κ2) is 6.79. The SMILES string of the molecule is CCCC(=O)N(CC(=O)O)c1ccc(CC)cc1. The van der Waals surface area contributed by atoms with Gasteiger partial charge in [0, 0.05) is 12.1 Å². The van der Waals surface area contributed by atoms with Gasteiger partial charge in [0.05, 0.1) is 0 Å². The topological polar surface area (TPSA) is 57.6 Å². The largest absolute Gasteiger partial charge is 0.480 e. The van der Waals surface area contributed by atoms with E-state index in [2.05, 4.69) is 0 Å². The fourth-order valence-corrected chi connectivity index (χ4v) is 1.72. The van der Waals surface area contributed by atoms with E-state index in [-0.39, 0.29) is 12.5 Å². The lowest BCUT2D eigenvalue weighted by atomic mass is 10.1. The molecule has 0 aliphatic heterocycles. The van der Waals surface area contributed by atoms with Crippen molar-refractivity contribution in [2.24, 2.45) is 0 Å². The van der Waals surface area contributed by atoms with E-state index in [9.17, 15) is 9.59 Å². The summed E-state index contributed by atoms with van der Waals surface area (Å²) in [7, 11) is 0. The van der Waals surface area contributed by atoms with Gasteiger partial charge in [0.25, 0.3) is 0 Å². The average molecular weight is 249 g/mol. The van der Waals surface area contributed by atoms with Gasteiger partial charge >= 0.3 is 5.97 Å². The number of anilines is 1. The summed E-state index contributed by atoms with van der Waals surface area (Å²) < 4.78 is 0. The summed E-state index contributed by atoms with van der Waals surface area (Å²) in [4.78, 5) is 24.0. The lowest BCUT2D eigenvalue weighted by Gasteiger charge is -2.21. The zero-order chi connectivity index (χ0) is 13.5. The van der Waals surface area contributed by atoms with Crippen molar-refractivity contribution in [3.05, 3.63) is 29.8 Å². The van der Waals surface area contributed by atoms with E-state index in [0.717, 1.165) is 12.0 Å². The van der Waals surface area contributed by atoms with Crippen LogP contribution in [-0.2, 0) is 16.0 Å². The van der Waals surface area contributed by atoms with E-state index in [4.69, 9.17) is 5.11 Å². The zero-order valence-corrected chi connectivity index (χ0v) is 10.8. The molecule has 1 aromatic rings. The van der Waals surface area contributed by atoms with E-state index in [1.165, 1.54) is 4.90 Å². The highest BCUT2D eigenvalue weighted by Crippen LogP contribution is 2.17. The van der Waals surface area contributed by atoms with Crippen molar-refractivity contribution in [2.45, 2.75) is 33.1 Å². The standard InChI is InChI=1S/C14H19NO3/c1-3-5-13(16)15(10-14(17)18)12-8-6-11(4-2)7-9-12/h6-9H,3-5,10H2,1-2H3,(H,17,18). The number of hydrogen-bond donors (Lipinski definition) is 1. The molecule has 1 aromatic carbocycles. The zero-order valence-electron chi connectivity index (χ0n) is 10.8. The van der Waals surface area contributed by atoms with Crippen LogP contribution in [0.1, 0.15) is 32.3 Å². The number of carboxylic acids is 1. The lowest BCUT2D eigenvalue weighted by molar-refractivity contribution is -0.136. The number of benzene rings is 1. The highest BCUT2D eigenvalue weighted by Gasteiger charge is 2.17. The second-order valence-electron chi connectivity index (χ2n) is 4.14. The number of carbonyl (C=O) groups excluding carboxylic acids is 1. The van der Waals surface area contributed by atoms with Gasteiger partial charge in [-0.15, -0.1) is 0 Å². The Balaban J connectivity index is 2.93. The quantitative estimate of drug-likeness (QED) is 0.842. The van der Waals surface area contributed by atoms with Crippen LogP contribution >= 0.6 is 0 Å². The molecule has 1 amide bonds. The molecule has 0 heterocycles. The second-order valence-corrected chi connectivity index (χ2v) is 4.14. The van der Waals surface area contributed by atoms with E-state index in [1.807, 2.05) is 26.0 Å². The van der Waals surface area contributed by atoms with Gasteiger partial charge in [-0.25, -0.2) is 0 Å². The predicted molar refractivity (Wildman–Crippen MR) is 70.7 cm³/mol. The molecule has 98 valence electrons. The summed E-state index contributed by atoms with van der Waals surface area (Å²) in [5.74, 6) is -1.15. The Morgan fingerprint density at radius 3 is 2.22 bits per heavy atom. The van der Waals surface area contributed by atoms with Crippen molar-refractivity contribution in [2.75, 3.05) is 11.4 Å². The first-order chi connectivity index (χ1) is 8.58.